The number of hydrogen-bond acceptors (Lipinski definition) is 5. The van der Waals surface area contributed by atoms with Gasteiger partial charge in [0.1, 0.15) is 23.9 Å². The summed E-state index contributed by atoms with van der Waals surface area (Å²) in [6.07, 6.45) is -2.49. The van der Waals surface area contributed by atoms with Gasteiger partial charge in [-0.25, -0.2) is 9.18 Å². The second-order valence-corrected chi connectivity index (χ2v) is 5.48. The zero-order valence-electron chi connectivity index (χ0n) is 10.4. The van der Waals surface area contributed by atoms with Crippen molar-refractivity contribution in [3.8, 4) is 0 Å². The van der Waals surface area contributed by atoms with E-state index in [2.05, 4.69) is 0 Å². The molecule has 0 amide bonds. The van der Waals surface area contributed by atoms with Crippen molar-refractivity contribution in [3.63, 3.8) is 0 Å². The molecular formula is C11H11ClF2N2O5. The lowest BCUT2D eigenvalue weighted by Crippen LogP contribution is -2.52. The van der Waals surface area contributed by atoms with E-state index in [1.54, 1.807) is 4.98 Å². The number of hydrogen-bond donors (Lipinski definition) is 3. The summed E-state index contributed by atoms with van der Waals surface area (Å²) in [5.41, 5.74) is -6.29. The summed E-state index contributed by atoms with van der Waals surface area (Å²) in [5, 5.41) is 19.2. The number of nitrogens with zero attached hydrogens (tertiary/aromatic N) is 1. The van der Waals surface area contributed by atoms with Crippen LogP contribution in [0.15, 0.2) is 15.8 Å². The van der Waals surface area contributed by atoms with Crippen LogP contribution in [0.2, 0.25) is 0 Å². The van der Waals surface area contributed by atoms with E-state index in [-0.39, 0.29) is 5.88 Å². The molecule has 3 rings (SSSR count). The van der Waals surface area contributed by atoms with Crippen molar-refractivity contribution in [2.45, 2.75) is 29.5 Å². The molecule has 10 heteroatoms. The first-order valence-corrected chi connectivity index (χ1v) is 6.58. The number of aliphatic hydroxyl groups excluding tert-OH is 2. The van der Waals surface area contributed by atoms with Crippen molar-refractivity contribution in [1.82, 2.24) is 9.55 Å². The normalized spacial score (nSPS) is 41.1. The third kappa shape index (κ3) is 1.68. The molecule has 1 saturated carbocycles. The van der Waals surface area contributed by atoms with E-state index >= 15 is 0 Å². The van der Waals surface area contributed by atoms with Gasteiger partial charge in [-0.15, -0.1) is 11.6 Å². The molecule has 0 bridgehead atoms. The first kappa shape index (κ1) is 14.6. The van der Waals surface area contributed by atoms with Crippen LogP contribution in [0.25, 0.3) is 0 Å². The molecular weight excluding hydrogens is 314 g/mol. The number of fused-ring (bicyclic) bond motifs is 1. The minimum Gasteiger partial charge on any atom is -0.393 e. The Morgan fingerprint density at radius 3 is 2.67 bits per heavy atom. The monoisotopic (exact) mass is 324 g/mol. The lowest BCUT2D eigenvalue weighted by atomic mass is 9.95. The number of halogens is 3. The molecule has 5 unspecified atom stereocenters. The molecule has 7 nitrogen and oxygen atoms in total. The molecule has 1 aliphatic carbocycles. The lowest BCUT2D eigenvalue weighted by Gasteiger charge is -2.32. The highest BCUT2D eigenvalue weighted by Crippen LogP contribution is 2.63. The Labute approximate surface area is 120 Å². The van der Waals surface area contributed by atoms with Gasteiger partial charge in [-0.1, -0.05) is 0 Å². The van der Waals surface area contributed by atoms with Crippen molar-refractivity contribution in [2.75, 3.05) is 12.5 Å². The Hall–Kier alpha value is -1.29. The van der Waals surface area contributed by atoms with Gasteiger partial charge in [0.2, 0.25) is 5.82 Å². The molecule has 1 aromatic heterocycles. The van der Waals surface area contributed by atoms with E-state index in [0.717, 1.165) is 0 Å². The fourth-order valence-electron chi connectivity index (χ4n) is 2.82. The maximum absolute atomic E-state index is 14.8. The van der Waals surface area contributed by atoms with E-state index in [9.17, 15) is 28.6 Å². The molecule has 0 spiro atoms. The van der Waals surface area contributed by atoms with Gasteiger partial charge in [-0.05, 0) is 0 Å². The van der Waals surface area contributed by atoms with Gasteiger partial charge < -0.3 is 14.9 Å². The molecule has 5 atom stereocenters. The van der Waals surface area contributed by atoms with Crippen molar-refractivity contribution >= 4 is 11.6 Å². The molecule has 2 aliphatic rings. The maximum Gasteiger partial charge on any atom is 0.328 e. The Balaban J connectivity index is 1.99. The number of ether oxygens (including phenoxy) is 1. The number of alkyl halides is 2. The van der Waals surface area contributed by atoms with Crippen LogP contribution in [-0.2, 0) is 4.74 Å². The van der Waals surface area contributed by atoms with E-state index in [4.69, 9.17) is 16.3 Å². The quantitative estimate of drug-likeness (QED) is 0.598. The van der Waals surface area contributed by atoms with Crippen LogP contribution in [0.4, 0.5) is 8.78 Å². The predicted octanol–water partition coefficient (Wildman–Crippen LogP) is -1.33. The van der Waals surface area contributed by atoms with E-state index in [0.29, 0.717) is 10.8 Å². The van der Waals surface area contributed by atoms with Gasteiger partial charge in [0.05, 0.1) is 18.7 Å². The number of aromatic amines is 1. The van der Waals surface area contributed by atoms with E-state index in [1.807, 2.05) is 0 Å². The molecule has 1 aromatic rings. The summed E-state index contributed by atoms with van der Waals surface area (Å²) in [6, 6.07) is -1.30. The van der Waals surface area contributed by atoms with Gasteiger partial charge in [0, 0.05) is 0 Å². The molecule has 1 aliphatic heterocycles. The third-order valence-electron chi connectivity index (χ3n) is 4.06. The van der Waals surface area contributed by atoms with Gasteiger partial charge >= 0.3 is 5.69 Å². The summed E-state index contributed by atoms with van der Waals surface area (Å²) in [5.74, 6) is -1.61. The fourth-order valence-corrected chi connectivity index (χ4v) is 3.11. The Morgan fingerprint density at radius 2 is 2.19 bits per heavy atom. The zero-order chi connectivity index (χ0) is 15.6. The van der Waals surface area contributed by atoms with Crippen molar-refractivity contribution in [2.24, 2.45) is 0 Å². The van der Waals surface area contributed by atoms with Crippen LogP contribution >= 0.6 is 11.6 Å². The smallest absolute Gasteiger partial charge is 0.328 e. The summed E-state index contributed by atoms with van der Waals surface area (Å²) in [6.45, 7) is -0.707. The second kappa shape index (κ2) is 4.35. The summed E-state index contributed by atoms with van der Waals surface area (Å²) in [4.78, 5) is 24.3. The van der Waals surface area contributed by atoms with E-state index < -0.39 is 53.2 Å². The van der Waals surface area contributed by atoms with Crippen LogP contribution in [-0.4, -0.2) is 55.7 Å². The van der Waals surface area contributed by atoms with Crippen LogP contribution in [0.1, 0.15) is 6.04 Å². The Bertz CT molecular complexity index is 703. The first-order valence-electron chi connectivity index (χ1n) is 6.04. The molecule has 2 heterocycles. The van der Waals surface area contributed by atoms with E-state index in [1.165, 1.54) is 0 Å². The number of aromatic nitrogens is 2. The number of aliphatic hydroxyl groups is 2. The van der Waals surface area contributed by atoms with Gasteiger partial charge in [0.25, 0.3) is 5.56 Å². The molecule has 21 heavy (non-hydrogen) atoms. The first-order chi connectivity index (χ1) is 9.81. The molecule has 0 radical (unpaired) electrons. The van der Waals surface area contributed by atoms with Crippen molar-refractivity contribution in [3.05, 3.63) is 32.9 Å². The Morgan fingerprint density at radius 1 is 1.52 bits per heavy atom. The second-order valence-electron chi connectivity index (χ2n) is 5.21. The predicted molar refractivity (Wildman–Crippen MR) is 65.6 cm³/mol. The molecule has 1 saturated heterocycles. The summed E-state index contributed by atoms with van der Waals surface area (Å²) < 4.78 is 33.9. The number of rotatable bonds is 3. The van der Waals surface area contributed by atoms with Crippen LogP contribution in [0.3, 0.4) is 0 Å². The van der Waals surface area contributed by atoms with Gasteiger partial charge in [-0.2, -0.15) is 4.39 Å². The summed E-state index contributed by atoms with van der Waals surface area (Å²) in [7, 11) is 0. The number of H-pyrrole nitrogens is 1. The minimum atomic E-state index is -2.38. The van der Waals surface area contributed by atoms with Crippen molar-refractivity contribution in [1.29, 1.82) is 0 Å². The standard InChI is InChI=1S/C11H11ClF2N2O5/c12-2-10(3-17)8(19)11(14)5(6(11)21-10)16-1-4(13)7(18)15-9(16)20/h1,5-6,8,17,19H,2-3H2,(H,15,18,20). The largest absolute Gasteiger partial charge is 0.393 e. The molecule has 2 fully saturated rings. The van der Waals surface area contributed by atoms with Gasteiger partial charge in [0.15, 0.2) is 5.67 Å². The number of nitrogens with one attached hydrogen (secondary N) is 1. The average molecular weight is 325 g/mol. The highest BCUT2D eigenvalue weighted by molar-refractivity contribution is 6.18. The highest BCUT2D eigenvalue weighted by Gasteiger charge is 2.83. The topological polar surface area (TPSA) is 105 Å². The zero-order valence-corrected chi connectivity index (χ0v) is 11.2. The van der Waals surface area contributed by atoms with Gasteiger partial charge in [-0.3, -0.25) is 14.3 Å². The SMILES string of the molecule is O=c1[nH]c(=O)n(C2C3OC(CO)(CCl)C(O)C32F)cc1F. The fraction of sp³-hybridized carbons (Fsp3) is 0.636. The Kier molecular flexibility index (Phi) is 3.04. The van der Waals surface area contributed by atoms with Crippen molar-refractivity contribution < 1.29 is 23.7 Å². The minimum absolute atomic E-state index is 0.353. The average Bonchev–Trinajstić information content (AvgIpc) is 2.96. The van der Waals surface area contributed by atoms with Crippen LogP contribution in [0.5, 0.6) is 0 Å². The molecule has 116 valence electrons. The molecule has 3 N–H and O–H groups in total. The summed E-state index contributed by atoms with van der Waals surface area (Å²) >= 11 is 5.59. The molecule has 0 aromatic carbocycles. The lowest BCUT2D eigenvalue weighted by molar-refractivity contribution is -0.117. The van der Waals surface area contributed by atoms with Crippen LogP contribution in [0, 0.1) is 5.82 Å². The third-order valence-corrected chi connectivity index (χ3v) is 4.52. The van der Waals surface area contributed by atoms with Crippen LogP contribution < -0.4 is 11.2 Å². The highest BCUT2D eigenvalue weighted by atomic mass is 35.5. The maximum atomic E-state index is 14.8.